The average molecular weight is 215 g/mol. The Labute approximate surface area is 95.9 Å². The van der Waals surface area contributed by atoms with Crippen LogP contribution in [0.5, 0.6) is 0 Å². The summed E-state index contributed by atoms with van der Waals surface area (Å²) in [5.74, 6) is 0. The topological polar surface area (TPSA) is 40.7 Å². The Morgan fingerprint density at radius 2 is 2.31 bits per heavy atom. The monoisotopic (exact) mass is 215 g/mol. The van der Waals surface area contributed by atoms with Crippen LogP contribution in [0, 0.1) is 0 Å². The van der Waals surface area contributed by atoms with Crippen molar-refractivity contribution in [1.82, 2.24) is 15.3 Å². The van der Waals surface area contributed by atoms with E-state index in [1.807, 2.05) is 24.7 Å². The van der Waals surface area contributed by atoms with Gasteiger partial charge in [-0.2, -0.15) is 0 Å². The fourth-order valence-electron chi connectivity index (χ4n) is 1.65. The van der Waals surface area contributed by atoms with E-state index in [1.54, 1.807) is 0 Å². The summed E-state index contributed by atoms with van der Waals surface area (Å²) in [6.07, 6.45) is 6.88. The SMILES string of the molecule is CCCNCc1cncc(-c2ccc[nH]2)c1. The van der Waals surface area contributed by atoms with E-state index in [4.69, 9.17) is 0 Å². The van der Waals surface area contributed by atoms with Crippen molar-refractivity contribution in [1.29, 1.82) is 0 Å². The van der Waals surface area contributed by atoms with Crippen LogP contribution in [0.1, 0.15) is 18.9 Å². The molecule has 3 nitrogen and oxygen atoms in total. The Kier molecular flexibility index (Phi) is 3.72. The molecule has 0 saturated heterocycles. The lowest BCUT2D eigenvalue weighted by Crippen LogP contribution is -2.13. The van der Waals surface area contributed by atoms with E-state index in [0.29, 0.717) is 0 Å². The van der Waals surface area contributed by atoms with Crippen molar-refractivity contribution in [2.24, 2.45) is 0 Å². The van der Waals surface area contributed by atoms with Crippen LogP contribution in [0.4, 0.5) is 0 Å². The van der Waals surface area contributed by atoms with Crippen LogP contribution in [-0.4, -0.2) is 16.5 Å². The molecular formula is C13H17N3. The fourth-order valence-corrected chi connectivity index (χ4v) is 1.65. The highest BCUT2D eigenvalue weighted by Crippen LogP contribution is 2.16. The summed E-state index contributed by atoms with van der Waals surface area (Å²) in [7, 11) is 0. The molecule has 0 fully saturated rings. The van der Waals surface area contributed by atoms with Crippen LogP contribution >= 0.6 is 0 Å². The molecule has 2 rings (SSSR count). The van der Waals surface area contributed by atoms with Crippen molar-refractivity contribution in [2.75, 3.05) is 6.54 Å². The summed E-state index contributed by atoms with van der Waals surface area (Å²) in [5, 5.41) is 3.37. The average Bonchev–Trinajstić information content (AvgIpc) is 2.83. The van der Waals surface area contributed by atoms with Gasteiger partial charge in [0, 0.05) is 36.4 Å². The maximum absolute atomic E-state index is 4.26. The van der Waals surface area contributed by atoms with Gasteiger partial charge >= 0.3 is 0 Å². The number of H-pyrrole nitrogens is 1. The lowest BCUT2D eigenvalue weighted by atomic mass is 10.1. The van der Waals surface area contributed by atoms with Crippen molar-refractivity contribution < 1.29 is 0 Å². The normalized spacial score (nSPS) is 10.6. The summed E-state index contributed by atoms with van der Waals surface area (Å²) in [6, 6.07) is 6.22. The number of hydrogen-bond donors (Lipinski definition) is 2. The molecule has 0 amide bonds. The number of pyridine rings is 1. The molecule has 0 unspecified atom stereocenters. The maximum Gasteiger partial charge on any atom is 0.0469 e. The van der Waals surface area contributed by atoms with Gasteiger partial charge in [-0.25, -0.2) is 0 Å². The predicted molar refractivity (Wildman–Crippen MR) is 66.0 cm³/mol. The molecule has 0 bridgehead atoms. The van der Waals surface area contributed by atoms with Crippen molar-refractivity contribution in [2.45, 2.75) is 19.9 Å². The van der Waals surface area contributed by atoms with Gasteiger partial charge < -0.3 is 10.3 Å². The zero-order valence-electron chi connectivity index (χ0n) is 9.53. The van der Waals surface area contributed by atoms with E-state index in [1.165, 1.54) is 5.56 Å². The molecular weight excluding hydrogens is 198 g/mol. The number of nitrogens with one attached hydrogen (secondary N) is 2. The van der Waals surface area contributed by atoms with Gasteiger partial charge in [0.2, 0.25) is 0 Å². The second kappa shape index (κ2) is 5.47. The Morgan fingerprint density at radius 1 is 1.38 bits per heavy atom. The van der Waals surface area contributed by atoms with E-state index < -0.39 is 0 Å². The highest BCUT2D eigenvalue weighted by atomic mass is 14.8. The highest BCUT2D eigenvalue weighted by molar-refractivity contribution is 5.58. The molecule has 0 aliphatic carbocycles. The minimum atomic E-state index is 0.884. The van der Waals surface area contributed by atoms with Crippen molar-refractivity contribution in [3.05, 3.63) is 42.4 Å². The van der Waals surface area contributed by atoms with E-state index in [0.717, 1.165) is 30.8 Å². The quantitative estimate of drug-likeness (QED) is 0.753. The van der Waals surface area contributed by atoms with Gasteiger partial charge in [0.1, 0.15) is 0 Å². The first-order chi connectivity index (χ1) is 7.90. The highest BCUT2D eigenvalue weighted by Gasteiger charge is 2.00. The molecule has 2 aromatic rings. The molecule has 0 aromatic carbocycles. The first-order valence-electron chi connectivity index (χ1n) is 5.68. The molecule has 0 atom stereocenters. The zero-order chi connectivity index (χ0) is 11.2. The van der Waals surface area contributed by atoms with Crippen LogP contribution in [0.25, 0.3) is 11.3 Å². The summed E-state index contributed by atoms with van der Waals surface area (Å²) in [6.45, 7) is 4.10. The minimum absolute atomic E-state index is 0.884. The van der Waals surface area contributed by atoms with Crippen molar-refractivity contribution >= 4 is 0 Å². The molecule has 2 N–H and O–H groups in total. The largest absolute Gasteiger partial charge is 0.361 e. The van der Waals surface area contributed by atoms with Crippen LogP contribution in [0.15, 0.2) is 36.8 Å². The standard InChI is InChI=1S/C13H17N3/c1-2-5-14-8-11-7-12(10-15-9-11)13-4-3-6-16-13/h3-4,6-7,9-10,14,16H,2,5,8H2,1H3. The van der Waals surface area contributed by atoms with Gasteiger partial charge in [0.15, 0.2) is 0 Å². The molecule has 16 heavy (non-hydrogen) atoms. The lowest BCUT2D eigenvalue weighted by Gasteiger charge is -2.04. The van der Waals surface area contributed by atoms with Gasteiger partial charge in [0.25, 0.3) is 0 Å². The molecule has 0 saturated carbocycles. The molecule has 2 aromatic heterocycles. The molecule has 0 aliphatic heterocycles. The summed E-state index contributed by atoms with van der Waals surface area (Å²) < 4.78 is 0. The summed E-state index contributed by atoms with van der Waals surface area (Å²) in [4.78, 5) is 7.45. The molecule has 84 valence electrons. The summed E-state index contributed by atoms with van der Waals surface area (Å²) in [5.41, 5.74) is 3.48. The molecule has 0 radical (unpaired) electrons. The Morgan fingerprint density at radius 3 is 3.06 bits per heavy atom. The number of hydrogen-bond acceptors (Lipinski definition) is 2. The van der Waals surface area contributed by atoms with Gasteiger partial charge in [0.05, 0.1) is 0 Å². The fraction of sp³-hybridized carbons (Fsp3) is 0.308. The van der Waals surface area contributed by atoms with E-state index in [2.05, 4.69) is 34.3 Å². The second-order valence-corrected chi connectivity index (χ2v) is 3.84. The maximum atomic E-state index is 4.26. The second-order valence-electron chi connectivity index (χ2n) is 3.84. The summed E-state index contributed by atoms with van der Waals surface area (Å²) >= 11 is 0. The molecule has 0 spiro atoms. The van der Waals surface area contributed by atoms with Crippen molar-refractivity contribution in [3.63, 3.8) is 0 Å². The van der Waals surface area contributed by atoms with Crippen LogP contribution < -0.4 is 5.32 Å². The third kappa shape index (κ3) is 2.70. The number of nitrogens with zero attached hydrogens (tertiary/aromatic N) is 1. The van der Waals surface area contributed by atoms with Gasteiger partial charge in [-0.05, 0) is 36.7 Å². The smallest absolute Gasteiger partial charge is 0.0469 e. The third-order valence-corrected chi connectivity index (χ3v) is 2.46. The number of rotatable bonds is 5. The Hall–Kier alpha value is -1.61. The van der Waals surface area contributed by atoms with Crippen LogP contribution in [-0.2, 0) is 6.54 Å². The Bertz CT molecular complexity index is 421. The van der Waals surface area contributed by atoms with Gasteiger partial charge in [-0.1, -0.05) is 6.92 Å². The third-order valence-electron chi connectivity index (χ3n) is 2.46. The minimum Gasteiger partial charge on any atom is -0.361 e. The molecule has 0 aliphatic rings. The first-order valence-corrected chi connectivity index (χ1v) is 5.68. The van der Waals surface area contributed by atoms with Gasteiger partial charge in [-0.15, -0.1) is 0 Å². The lowest BCUT2D eigenvalue weighted by molar-refractivity contribution is 0.674. The predicted octanol–water partition coefficient (Wildman–Crippen LogP) is 2.58. The molecule has 2 heterocycles. The van der Waals surface area contributed by atoms with Crippen molar-refractivity contribution in [3.8, 4) is 11.3 Å². The van der Waals surface area contributed by atoms with E-state index in [9.17, 15) is 0 Å². The van der Waals surface area contributed by atoms with E-state index in [-0.39, 0.29) is 0 Å². The van der Waals surface area contributed by atoms with Gasteiger partial charge in [-0.3, -0.25) is 4.98 Å². The van der Waals surface area contributed by atoms with E-state index >= 15 is 0 Å². The first kappa shape index (κ1) is 10.9. The zero-order valence-corrected chi connectivity index (χ0v) is 9.53. The Balaban J connectivity index is 2.08. The van der Waals surface area contributed by atoms with Crippen LogP contribution in [0.2, 0.25) is 0 Å². The number of aromatic amines is 1. The van der Waals surface area contributed by atoms with Crippen LogP contribution in [0.3, 0.4) is 0 Å². The number of aromatic nitrogens is 2. The molecule has 3 heteroatoms.